The van der Waals surface area contributed by atoms with Crippen molar-refractivity contribution in [2.75, 3.05) is 10.6 Å². The van der Waals surface area contributed by atoms with E-state index in [0.717, 1.165) is 15.7 Å². The summed E-state index contributed by atoms with van der Waals surface area (Å²) < 4.78 is 0.766. The van der Waals surface area contributed by atoms with Gasteiger partial charge in [-0.05, 0) is 23.8 Å². The predicted molar refractivity (Wildman–Crippen MR) is 90.3 cm³/mol. The van der Waals surface area contributed by atoms with E-state index >= 15 is 0 Å². The van der Waals surface area contributed by atoms with Gasteiger partial charge in [0.2, 0.25) is 5.91 Å². The molecule has 2 aromatic rings. The van der Waals surface area contributed by atoms with Gasteiger partial charge in [-0.25, -0.2) is 0 Å². The molecule has 3 rings (SSSR count). The summed E-state index contributed by atoms with van der Waals surface area (Å²) in [5.74, 6) is -0.155. The Bertz CT molecular complexity index is 673. The van der Waals surface area contributed by atoms with Crippen LogP contribution in [-0.2, 0) is 11.2 Å². The smallest absolute Gasteiger partial charge is 0.247 e. The molecule has 0 unspecified atom stereocenters. The fourth-order valence-electron chi connectivity index (χ4n) is 2.33. The molecule has 1 aliphatic heterocycles. The van der Waals surface area contributed by atoms with Crippen LogP contribution < -0.4 is 10.6 Å². The molecule has 108 valence electrons. The number of para-hydroxylation sites is 1. The third-order valence-corrected chi connectivity index (χ3v) is 4.40. The fourth-order valence-corrected chi connectivity index (χ4v) is 3.63. The van der Waals surface area contributed by atoms with E-state index in [2.05, 4.69) is 26.6 Å². The summed E-state index contributed by atoms with van der Waals surface area (Å²) in [7, 11) is 0. The van der Waals surface area contributed by atoms with Crippen molar-refractivity contribution in [1.29, 1.82) is 0 Å². The van der Waals surface area contributed by atoms with Crippen LogP contribution >= 0.6 is 39.1 Å². The van der Waals surface area contributed by atoms with Gasteiger partial charge in [0.25, 0.3) is 0 Å². The highest BCUT2D eigenvalue weighted by molar-refractivity contribution is 9.10. The van der Waals surface area contributed by atoms with Gasteiger partial charge in [-0.2, -0.15) is 0 Å². The summed E-state index contributed by atoms with van der Waals surface area (Å²) in [5.41, 5.74) is 2.56. The number of fused-ring (bicyclic) bond motifs is 1. The zero-order chi connectivity index (χ0) is 15.0. The van der Waals surface area contributed by atoms with Crippen LogP contribution in [0.15, 0.2) is 40.9 Å². The van der Waals surface area contributed by atoms with E-state index in [1.54, 1.807) is 12.1 Å². The molecule has 1 amide bonds. The summed E-state index contributed by atoms with van der Waals surface area (Å²) >= 11 is 15.6. The number of carbonyl (C=O) groups is 1. The maximum atomic E-state index is 12.4. The Morgan fingerprint density at radius 1 is 1.24 bits per heavy atom. The van der Waals surface area contributed by atoms with Crippen molar-refractivity contribution in [1.82, 2.24) is 0 Å². The number of hydrogen-bond acceptors (Lipinski definition) is 2. The predicted octanol–water partition coefficient (Wildman–Crippen LogP) is 4.73. The molecule has 3 nitrogen and oxygen atoms in total. The molecule has 0 spiro atoms. The molecule has 0 aliphatic carbocycles. The van der Waals surface area contributed by atoms with Crippen LogP contribution in [0.5, 0.6) is 0 Å². The van der Waals surface area contributed by atoms with Crippen molar-refractivity contribution in [3.05, 3.63) is 56.5 Å². The number of benzene rings is 2. The van der Waals surface area contributed by atoms with Crippen molar-refractivity contribution >= 4 is 56.4 Å². The molecule has 0 bridgehead atoms. The Labute approximate surface area is 140 Å². The van der Waals surface area contributed by atoms with Gasteiger partial charge in [0, 0.05) is 16.6 Å². The average Bonchev–Trinajstić information content (AvgIpc) is 2.86. The zero-order valence-electron chi connectivity index (χ0n) is 10.8. The Morgan fingerprint density at radius 2 is 1.90 bits per heavy atom. The second kappa shape index (κ2) is 5.87. The average molecular weight is 386 g/mol. The third-order valence-electron chi connectivity index (χ3n) is 3.34. The van der Waals surface area contributed by atoms with Crippen LogP contribution in [0, 0.1) is 0 Å². The lowest BCUT2D eigenvalue weighted by molar-refractivity contribution is -0.116. The van der Waals surface area contributed by atoms with Crippen molar-refractivity contribution in [3.8, 4) is 0 Å². The van der Waals surface area contributed by atoms with Gasteiger partial charge in [0.1, 0.15) is 6.04 Å². The van der Waals surface area contributed by atoms with E-state index in [-0.39, 0.29) is 11.9 Å². The summed E-state index contributed by atoms with van der Waals surface area (Å²) in [6, 6.07) is 10.9. The second-order valence-electron chi connectivity index (χ2n) is 4.79. The number of hydrogen-bond donors (Lipinski definition) is 2. The standard InChI is InChI=1S/C15H11BrCl2N2O/c16-9-6-10(17)14(11(18)7-9)20-15(21)13-5-8-3-1-2-4-12(8)19-13/h1-4,6-7,13,19H,5H2,(H,20,21)/t13-/m0/s1. The lowest BCUT2D eigenvalue weighted by Crippen LogP contribution is -2.33. The SMILES string of the molecule is O=C(Nc1c(Cl)cc(Br)cc1Cl)[C@@H]1Cc2ccccc2N1. The number of carbonyl (C=O) groups excluding carboxylic acids is 1. The molecular formula is C15H11BrCl2N2O. The van der Waals surface area contributed by atoms with Gasteiger partial charge in [-0.15, -0.1) is 0 Å². The Kier molecular flexibility index (Phi) is 4.11. The number of halogens is 3. The van der Waals surface area contributed by atoms with Gasteiger partial charge in [-0.3, -0.25) is 4.79 Å². The van der Waals surface area contributed by atoms with E-state index in [1.807, 2.05) is 24.3 Å². The minimum absolute atomic E-state index is 0.155. The molecule has 0 saturated carbocycles. The summed E-state index contributed by atoms with van der Waals surface area (Å²) in [5, 5.41) is 6.80. The van der Waals surface area contributed by atoms with Gasteiger partial charge in [0.05, 0.1) is 15.7 Å². The van der Waals surface area contributed by atoms with Crippen LogP contribution in [0.2, 0.25) is 10.0 Å². The molecule has 2 aromatic carbocycles. The topological polar surface area (TPSA) is 41.1 Å². The number of amides is 1. The number of anilines is 2. The van der Waals surface area contributed by atoms with Crippen molar-refractivity contribution < 1.29 is 4.79 Å². The minimum atomic E-state index is -0.321. The van der Waals surface area contributed by atoms with Crippen LogP contribution in [0.4, 0.5) is 11.4 Å². The summed E-state index contributed by atoms with van der Waals surface area (Å²) in [6.07, 6.45) is 0.647. The molecule has 0 fully saturated rings. The largest absolute Gasteiger partial charge is 0.373 e. The van der Waals surface area contributed by atoms with Crippen LogP contribution in [0.25, 0.3) is 0 Å². The lowest BCUT2D eigenvalue weighted by Gasteiger charge is -2.14. The van der Waals surface area contributed by atoms with Crippen molar-refractivity contribution in [2.24, 2.45) is 0 Å². The third kappa shape index (κ3) is 3.03. The molecule has 0 aromatic heterocycles. The normalized spacial score (nSPS) is 16.2. The van der Waals surface area contributed by atoms with E-state index in [0.29, 0.717) is 22.2 Å². The van der Waals surface area contributed by atoms with Crippen LogP contribution in [0.1, 0.15) is 5.56 Å². The number of rotatable bonds is 2. The molecule has 0 saturated heterocycles. The zero-order valence-corrected chi connectivity index (χ0v) is 13.9. The lowest BCUT2D eigenvalue weighted by atomic mass is 10.1. The first-order valence-corrected chi connectivity index (χ1v) is 7.89. The maximum absolute atomic E-state index is 12.4. The minimum Gasteiger partial charge on any atom is -0.373 e. The Hall–Kier alpha value is -1.23. The quantitative estimate of drug-likeness (QED) is 0.784. The fraction of sp³-hybridized carbons (Fsp3) is 0.133. The van der Waals surface area contributed by atoms with Crippen molar-refractivity contribution in [3.63, 3.8) is 0 Å². The maximum Gasteiger partial charge on any atom is 0.247 e. The molecule has 1 atom stereocenters. The molecule has 0 radical (unpaired) electrons. The molecule has 1 heterocycles. The van der Waals surface area contributed by atoms with E-state index in [1.165, 1.54) is 0 Å². The first kappa shape index (κ1) is 14.7. The molecule has 2 N–H and O–H groups in total. The number of nitrogens with one attached hydrogen (secondary N) is 2. The highest BCUT2D eigenvalue weighted by Gasteiger charge is 2.27. The molecule has 21 heavy (non-hydrogen) atoms. The van der Waals surface area contributed by atoms with Crippen molar-refractivity contribution in [2.45, 2.75) is 12.5 Å². The summed E-state index contributed by atoms with van der Waals surface area (Å²) in [6.45, 7) is 0. The highest BCUT2D eigenvalue weighted by Crippen LogP contribution is 2.34. The van der Waals surface area contributed by atoms with Gasteiger partial charge >= 0.3 is 0 Å². The highest BCUT2D eigenvalue weighted by atomic mass is 79.9. The van der Waals surface area contributed by atoms with Gasteiger partial charge < -0.3 is 10.6 Å². The van der Waals surface area contributed by atoms with Crippen LogP contribution in [0.3, 0.4) is 0 Å². The first-order valence-electron chi connectivity index (χ1n) is 6.34. The van der Waals surface area contributed by atoms with Crippen LogP contribution in [-0.4, -0.2) is 11.9 Å². The van der Waals surface area contributed by atoms with E-state index in [4.69, 9.17) is 23.2 Å². The second-order valence-corrected chi connectivity index (χ2v) is 6.52. The van der Waals surface area contributed by atoms with Gasteiger partial charge in [0.15, 0.2) is 0 Å². The summed E-state index contributed by atoms with van der Waals surface area (Å²) in [4.78, 5) is 12.4. The van der Waals surface area contributed by atoms with E-state index < -0.39 is 0 Å². The monoisotopic (exact) mass is 384 g/mol. The van der Waals surface area contributed by atoms with Gasteiger partial charge in [-0.1, -0.05) is 57.3 Å². The Morgan fingerprint density at radius 3 is 2.57 bits per heavy atom. The molecule has 1 aliphatic rings. The molecular weight excluding hydrogens is 375 g/mol. The Balaban J connectivity index is 1.77. The first-order chi connectivity index (χ1) is 10.0. The van der Waals surface area contributed by atoms with E-state index in [9.17, 15) is 4.79 Å². The molecule has 6 heteroatoms.